The van der Waals surface area contributed by atoms with Crippen LogP contribution >= 0.6 is 0 Å². The predicted octanol–water partition coefficient (Wildman–Crippen LogP) is 3.30. The van der Waals surface area contributed by atoms with Crippen molar-refractivity contribution < 1.29 is 14.6 Å². The Hall–Kier alpha value is -2.55. The molecule has 3 rings (SSSR count). The first-order valence-corrected chi connectivity index (χ1v) is 6.46. The Morgan fingerprint density at radius 1 is 1.20 bits per heavy atom. The summed E-state index contributed by atoms with van der Waals surface area (Å²) >= 11 is 0. The minimum absolute atomic E-state index is 0.0684. The maximum atomic E-state index is 12.3. The van der Waals surface area contributed by atoms with Gasteiger partial charge in [-0.05, 0) is 23.8 Å². The van der Waals surface area contributed by atoms with Crippen LogP contribution in [0.1, 0.15) is 16.8 Å². The molecule has 2 aliphatic carbocycles. The Labute approximate surface area is 117 Å². The third-order valence-electron chi connectivity index (χ3n) is 3.47. The van der Waals surface area contributed by atoms with Gasteiger partial charge in [-0.3, -0.25) is 0 Å². The highest BCUT2D eigenvalue weighted by Crippen LogP contribution is 2.35. The number of allylic oxidation sites excluding steroid dienone is 4. The Bertz CT molecular complexity index is 665. The first-order chi connectivity index (χ1) is 9.71. The lowest BCUT2D eigenvalue weighted by Gasteiger charge is -2.34. The zero-order chi connectivity index (χ0) is 14.0. The van der Waals surface area contributed by atoms with Crippen molar-refractivity contribution in [2.45, 2.75) is 12.0 Å². The molecule has 3 nitrogen and oxygen atoms in total. The number of carbonyl (C=O) groups is 1. The summed E-state index contributed by atoms with van der Waals surface area (Å²) in [6.45, 7) is 0. The second-order valence-electron chi connectivity index (χ2n) is 4.77. The van der Waals surface area contributed by atoms with Crippen molar-refractivity contribution >= 4 is 5.97 Å². The summed E-state index contributed by atoms with van der Waals surface area (Å²) in [4.78, 5) is 12.3. The van der Waals surface area contributed by atoms with E-state index in [2.05, 4.69) is 0 Å². The number of carbonyl (C=O) groups excluding carboxylic acids is 1. The first-order valence-electron chi connectivity index (χ1n) is 6.46. The molecule has 1 aromatic rings. The van der Waals surface area contributed by atoms with Gasteiger partial charge in [0, 0.05) is 6.42 Å². The first kappa shape index (κ1) is 12.5. The number of fused-ring (bicyclic) bond motifs is 1. The molecule has 0 saturated heterocycles. The smallest absolute Gasteiger partial charge is 0.343 e. The molecule has 0 bridgehead atoms. The van der Waals surface area contributed by atoms with E-state index in [0.717, 1.165) is 5.57 Å². The van der Waals surface area contributed by atoms with E-state index in [-0.39, 0.29) is 11.3 Å². The molecule has 20 heavy (non-hydrogen) atoms. The van der Waals surface area contributed by atoms with Crippen molar-refractivity contribution in [3.8, 4) is 5.75 Å². The van der Waals surface area contributed by atoms with Crippen LogP contribution in [0.2, 0.25) is 0 Å². The van der Waals surface area contributed by atoms with Gasteiger partial charge in [0.1, 0.15) is 11.3 Å². The number of esters is 1. The molecule has 1 aromatic carbocycles. The fourth-order valence-corrected chi connectivity index (χ4v) is 2.41. The van der Waals surface area contributed by atoms with Crippen LogP contribution in [-0.2, 0) is 4.74 Å². The van der Waals surface area contributed by atoms with Gasteiger partial charge < -0.3 is 9.84 Å². The average Bonchev–Trinajstić information content (AvgIpc) is 2.47. The van der Waals surface area contributed by atoms with Gasteiger partial charge in [0.25, 0.3) is 0 Å². The van der Waals surface area contributed by atoms with E-state index < -0.39 is 11.6 Å². The van der Waals surface area contributed by atoms with Crippen LogP contribution < -0.4 is 0 Å². The lowest BCUT2D eigenvalue weighted by molar-refractivity contribution is 0.0180. The van der Waals surface area contributed by atoms with Crippen LogP contribution in [0.25, 0.3) is 0 Å². The third kappa shape index (κ3) is 2.07. The summed E-state index contributed by atoms with van der Waals surface area (Å²) in [6.07, 6.45) is 14.0. The zero-order valence-corrected chi connectivity index (χ0v) is 10.8. The van der Waals surface area contributed by atoms with Gasteiger partial charge in [0.05, 0.1) is 0 Å². The lowest BCUT2D eigenvalue weighted by Crippen LogP contribution is -2.36. The fraction of sp³-hybridized carbons (Fsp3) is 0.118. The van der Waals surface area contributed by atoms with Crippen molar-refractivity contribution in [3.63, 3.8) is 0 Å². The number of ether oxygens (including phenoxy) is 1. The summed E-state index contributed by atoms with van der Waals surface area (Å²) in [5, 5.41) is 9.74. The summed E-state index contributed by atoms with van der Waals surface area (Å²) < 4.78 is 5.69. The number of rotatable bonds is 2. The summed E-state index contributed by atoms with van der Waals surface area (Å²) in [6, 6.07) is 6.39. The SMILES string of the molecule is O=C(OC12C=CC=CC1=CC=CC2)c1ccccc1O. The molecule has 0 aliphatic heterocycles. The molecule has 0 heterocycles. The molecule has 3 heteroatoms. The van der Waals surface area contributed by atoms with E-state index in [9.17, 15) is 9.90 Å². The number of hydrogen-bond donors (Lipinski definition) is 1. The topological polar surface area (TPSA) is 46.5 Å². The molecular weight excluding hydrogens is 252 g/mol. The monoisotopic (exact) mass is 266 g/mol. The Morgan fingerprint density at radius 2 is 2.05 bits per heavy atom. The number of phenolic OH excluding ortho intramolecular Hbond substituents is 1. The highest BCUT2D eigenvalue weighted by Gasteiger charge is 2.36. The van der Waals surface area contributed by atoms with Crippen molar-refractivity contribution in [1.82, 2.24) is 0 Å². The van der Waals surface area contributed by atoms with Crippen molar-refractivity contribution in [2.75, 3.05) is 0 Å². The zero-order valence-electron chi connectivity index (χ0n) is 10.8. The summed E-state index contributed by atoms with van der Waals surface area (Å²) in [7, 11) is 0. The Balaban J connectivity index is 1.91. The second kappa shape index (κ2) is 4.85. The number of phenols is 1. The van der Waals surface area contributed by atoms with Gasteiger partial charge in [-0.2, -0.15) is 0 Å². The highest BCUT2D eigenvalue weighted by atomic mass is 16.6. The van der Waals surface area contributed by atoms with E-state index in [1.165, 1.54) is 6.07 Å². The lowest BCUT2D eigenvalue weighted by atomic mass is 9.83. The molecule has 0 fully saturated rings. The summed E-state index contributed by atoms with van der Waals surface area (Å²) in [5.41, 5.74) is 0.355. The molecule has 0 radical (unpaired) electrons. The van der Waals surface area contributed by atoms with Crippen molar-refractivity contribution in [3.05, 3.63) is 77.9 Å². The van der Waals surface area contributed by atoms with Gasteiger partial charge in [-0.25, -0.2) is 4.79 Å². The molecule has 1 N–H and O–H groups in total. The molecular formula is C17H14O3. The summed E-state index contributed by atoms with van der Waals surface area (Å²) in [5.74, 6) is -0.592. The van der Waals surface area contributed by atoms with Crippen molar-refractivity contribution in [2.24, 2.45) is 0 Å². The normalized spacial score (nSPS) is 23.1. The average molecular weight is 266 g/mol. The van der Waals surface area contributed by atoms with E-state index in [4.69, 9.17) is 4.74 Å². The molecule has 1 unspecified atom stereocenters. The maximum absolute atomic E-state index is 12.3. The van der Waals surface area contributed by atoms with Gasteiger partial charge >= 0.3 is 5.97 Å². The molecule has 100 valence electrons. The van der Waals surface area contributed by atoms with E-state index in [1.54, 1.807) is 18.2 Å². The van der Waals surface area contributed by atoms with Gasteiger partial charge in [0.15, 0.2) is 5.60 Å². The Kier molecular flexibility index (Phi) is 3.03. The molecule has 1 atom stereocenters. The van der Waals surface area contributed by atoms with E-state index in [0.29, 0.717) is 6.42 Å². The van der Waals surface area contributed by atoms with Crippen molar-refractivity contribution in [1.29, 1.82) is 0 Å². The van der Waals surface area contributed by atoms with E-state index >= 15 is 0 Å². The van der Waals surface area contributed by atoms with Crippen LogP contribution in [0, 0.1) is 0 Å². The fourth-order valence-electron chi connectivity index (χ4n) is 2.41. The molecule has 0 saturated carbocycles. The molecule has 2 aliphatic rings. The molecule has 0 amide bonds. The van der Waals surface area contributed by atoms with Crippen LogP contribution in [-0.4, -0.2) is 16.7 Å². The highest BCUT2D eigenvalue weighted by molar-refractivity contribution is 5.93. The second-order valence-corrected chi connectivity index (χ2v) is 4.77. The standard InChI is InChI=1S/C17H14O3/c18-15-10-2-1-9-14(15)16(19)20-17-11-5-3-7-13(17)8-4-6-12-17/h1-11,18H,12H2. The molecule has 0 spiro atoms. The van der Waals surface area contributed by atoms with Gasteiger partial charge in [-0.15, -0.1) is 0 Å². The largest absolute Gasteiger partial charge is 0.507 e. The predicted molar refractivity (Wildman–Crippen MR) is 76.4 cm³/mol. The third-order valence-corrected chi connectivity index (χ3v) is 3.47. The minimum Gasteiger partial charge on any atom is -0.507 e. The number of aromatic hydroxyl groups is 1. The van der Waals surface area contributed by atoms with Crippen LogP contribution in [0.5, 0.6) is 5.75 Å². The Morgan fingerprint density at radius 3 is 2.90 bits per heavy atom. The molecule has 0 aromatic heterocycles. The van der Waals surface area contributed by atoms with Crippen LogP contribution in [0.3, 0.4) is 0 Å². The van der Waals surface area contributed by atoms with Crippen LogP contribution in [0.15, 0.2) is 72.4 Å². The maximum Gasteiger partial charge on any atom is 0.343 e. The number of para-hydroxylation sites is 1. The van der Waals surface area contributed by atoms with Gasteiger partial charge in [-0.1, -0.05) is 48.6 Å². The van der Waals surface area contributed by atoms with E-state index in [1.807, 2.05) is 42.5 Å². The minimum atomic E-state index is -0.761. The van der Waals surface area contributed by atoms with Gasteiger partial charge in [0.2, 0.25) is 0 Å². The quantitative estimate of drug-likeness (QED) is 0.835. The number of hydrogen-bond acceptors (Lipinski definition) is 3. The van der Waals surface area contributed by atoms with Crippen LogP contribution in [0.4, 0.5) is 0 Å². The number of benzene rings is 1.